The molecule has 0 saturated carbocycles. The Morgan fingerprint density at radius 1 is 1.38 bits per heavy atom. The summed E-state index contributed by atoms with van der Waals surface area (Å²) >= 11 is 0. The Labute approximate surface area is 77.0 Å². The number of hydrogen-bond donors (Lipinski definition) is 1. The van der Waals surface area contributed by atoms with E-state index in [4.69, 9.17) is 5.11 Å². The van der Waals surface area contributed by atoms with Crippen LogP contribution in [-0.2, 0) is 11.2 Å². The summed E-state index contributed by atoms with van der Waals surface area (Å²) in [6.07, 6.45) is -0.584. The Bertz CT molecular complexity index is 277. The molecule has 0 aliphatic rings. The highest BCUT2D eigenvalue weighted by Gasteiger charge is 1.96. The number of rotatable bonds is 3. The van der Waals surface area contributed by atoms with Crippen molar-refractivity contribution in [3.05, 3.63) is 35.4 Å². The van der Waals surface area contributed by atoms with E-state index in [0.29, 0.717) is 6.42 Å². The molecular formula is C10H12O3. The molecule has 0 saturated heterocycles. The first kappa shape index (κ1) is 9.58. The number of ether oxygens (including phenoxy) is 1. The fraction of sp³-hybridized carbons (Fsp3) is 0.300. The lowest BCUT2D eigenvalue weighted by atomic mass is 10.1. The highest BCUT2D eigenvalue weighted by molar-refractivity contribution is 5.56. The summed E-state index contributed by atoms with van der Waals surface area (Å²) in [6, 6.07) is 7.94. The second-order valence-electron chi connectivity index (χ2n) is 2.85. The van der Waals surface area contributed by atoms with Gasteiger partial charge < -0.3 is 9.84 Å². The Morgan fingerprint density at radius 3 is 2.54 bits per heavy atom. The molecule has 0 amide bonds. The molecule has 0 spiro atoms. The van der Waals surface area contributed by atoms with Gasteiger partial charge in [-0.1, -0.05) is 29.8 Å². The smallest absolute Gasteiger partial charge is 0.450 e. The molecule has 3 nitrogen and oxygen atoms in total. The van der Waals surface area contributed by atoms with E-state index in [1.807, 2.05) is 31.2 Å². The van der Waals surface area contributed by atoms with E-state index < -0.39 is 6.16 Å². The number of hydrogen-bond acceptors (Lipinski definition) is 2. The van der Waals surface area contributed by atoms with Crippen molar-refractivity contribution in [2.75, 3.05) is 6.61 Å². The molecule has 3 heteroatoms. The molecule has 1 N–H and O–H groups in total. The lowest BCUT2D eigenvalue weighted by molar-refractivity contribution is 0.0927. The molecule has 0 heterocycles. The van der Waals surface area contributed by atoms with Gasteiger partial charge in [0.15, 0.2) is 0 Å². The minimum atomic E-state index is -1.22. The third-order valence-corrected chi connectivity index (χ3v) is 1.74. The van der Waals surface area contributed by atoms with Crippen LogP contribution in [0.5, 0.6) is 0 Å². The summed E-state index contributed by atoms with van der Waals surface area (Å²) in [4.78, 5) is 10.0. The van der Waals surface area contributed by atoms with Crippen LogP contribution in [0.25, 0.3) is 0 Å². The number of carboxylic acid groups (broad SMARTS) is 1. The Kier molecular flexibility index (Phi) is 3.31. The van der Waals surface area contributed by atoms with Gasteiger partial charge in [-0.15, -0.1) is 0 Å². The van der Waals surface area contributed by atoms with Crippen LogP contribution < -0.4 is 0 Å². The number of aryl methyl sites for hydroxylation is 1. The highest BCUT2D eigenvalue weighted by Crippen LogP contribution is 2.03. The maximum atomic E-state index is 10.0. The van der Waals surface area contributed by atoms with Gasteiger partial charge in [0.05, 0.1) is 6.61 Å². The minimum absolute atomic E-state index is 0.221. The summed E-state index contributed by atoms with van der Waals surface area (Å²) in [6.45, 7) is 2.23. The van der Waals surface area contributed by atoms with E-state index in [9.17, 15) is 4.79 Å². The van der Waals surface area contributed by atoms with Gasteiger partial charge in [0.1, 0.15) is 0 Å². The maximum Gasteiger partial charge on any atom is 0.505 e. The van der Waals surface area contributed by atoms with Crippen LogP contribution in [0.4, 0.5) is 4.79 Å². The molecular weight excluding hydrogens is 168 g/mol. The molecule has 0 bridgehead atoms. The van der Waals surface area contributed by atoms with Gasteiger partial charge in [-0.3, -0.25) is 0 Å². The second-order valence-corrected chi connectivity index (χ2v) is 2.85. The van der Waals surface area contributed by atoms with E-state index in [1.165, 1.54) is 5.56 Å². The van der Waals surface area contributed by atoms with Gasteiger partial charge in [-0.2, -0.15) is 0 Å². The molecule has 0 aliphatic carbocycles. The standard InChI is InChI=1S/C10H12O3/c1-8-2-4-9(5-3-8)6-7-13-10(11)12/h2-5H,6-7H2,1H3,(H,11,12). The third kappa shape index (κ3) is 3.60. The van der Waals surface area contributed by atoms with Crippen molar-refractivity contribution >= 4 is 6.16 Å². The third-order valence-electron chi connectivity index (χ3n) is 1.74. The van der Waals surface area contributed by atoms with Gasteiger partial charge in [0.25, 0.3) is 0 Å². The minimum Gasteiger partial charge on any atom is -0.450 e. The molecule has 1 rings (SSSR count). The fourth-order valence-corrected chi connectivity index (χ4v) is 1.01. The number of benzene rings is 1. The zero-order valence-electron chi connectivity index (χ0n) is 7.49. The fourth-order valence-electron chi connectivity index (χ4n) is 1.01. The van der Waals surface area contributed by atoms with E-state index in [1.54, 1.807) is 0 Å². The van der Waals surface area contributed by atoms with Gasteiger partial charge in [-0.05, 0) is 12.5 Å². The average Bonchev–Trinajstić information content (AvgIpc) is 2.08. The quantitative estimate of drug-likeness (QED) is 0.725. The van der Waals surface area contributed by atoms with Crippen LogP contribution >= 0.6 is 0 Å². The van der Waals surface area contributed by atoms with Crippen molar-refractivity contribution in [3.8, 4) is 0 Å². The summed E-state index contributed by atoms with van der Waals surface area (Å²) in [7, 11) is 0. The van der Waals surface area contributed by atoms with Crippen molar-refractivity contribution in [1.82, 2.24) is 0 Å². The summed E-state index contributed by atoms with van der Waals surface area (Å²) < 4.78 is 4.39. The van der Waals surface area contributed by atoms with Crippen molar-refractivity contribution in [1.29, 1.82) is 0 Å². The topological polar surface area (TPSA) is 46.5 Å². The molecule has 1 aromatic rings. The monoisotopic (exact) mass is 180 g/mol. The van der Waals surface area contributed by atoms with Crippen LogP contribution in [-0.4, -0.2) is 17.9 Å². The highest BCUT2D eigenvalue weighted by atomic mass is 16.7. The molecule has 0 radical (unpaired) electrons. The molecule has 0 fully saturated rings. The first-order valence-corrected chi connectivity index (χ1v) is 4.10. The normalized spacial score (nSPS) is 9.62. The van der Waals surface area contributed by atoms with Crippen molar-refractivity contribution in [2.24, 2.45) is 0 Å². The zero-order valence-corrected chi connectivity index (χ0v) is 7.49. The molecule has 0 aliphatic heterocycles. The van der Waals surface area contributed by atoms with Crippen LogP contribution in [0.3, 0.4) is 0 Å². The van der Waals surface area contributed by atoms with Crippen LogP contribution in [0.15, 0.2) is 24.3 Å². The van der Waals surface area contributed by atoms with Crippen LogP contribution in [0, 0.1) is 6.92 Å². The summed E-state index contributed by atoms with van der Waals surface area (Å²) in [5, 5.41) is 8.21. The van der Waals surface area contributed by atoms with E-state index in [0.717, 1.165) is 5.56 Å². The number of carbonyl (C=O) groups is 1. The van der Waals surface area contributed by atoms with E-state index in [2.05, 4.69) is 4.74 Å². The van der Waals surface area contributed by atoms with Crippen molar-refractivity contribution in [3.63, 3.8) is 0 Å². The maximum absolute atomic E-state index is 10.0. The second kappa shape index (κ2) is 4.50. The van der Waals surface area contributed by atoms with Crippen LogP contribution in [0.2, 0.25) is 0 Å². The van der Waals surface area contributed by atoms with E-state index in [-0.39, 0.29) is 6.61 Å². The predicted octanol–water partition coefficient (Wildman–Crippen LogP) is 2.23. The largest absolute Gasteiger partial charge is 0.505 e. The molecule has 0 unspecified atom stereocenters. The zero-order chi connectivity index (χ0) is 9.68. The summed E-state index contributed by atoms with van der Waals surface area (Å²) in [5.74, 6) is 0. The average molecular weight is 180 g/mol. The Hall–Kier alpha value is -1.51. The molecule has 0 atom stereocenters. The Balaban J connectivity index is 2.37. The lowest BCUT2D eigenvalue weighted by Crippen LogP contribution is -2.04. The molecule has 70 valence electrons. The lowest BCUT2D eigenvalue weighted by Gasteiger charge is -2.01. The SMILES string of the molecule is Cc1ccc(CCOC(=O)O)cc1. The predicted molar refractivity (Wildman–Crippen MR) is 48.9 cm³/mol. The van der Waals surface area contributed by atoms with Gasteiger partial charge in [-0.25, -0.2) is 4.79 Å². The van der Waals surface area contributed by atoms with Crippen molar-refractivity contribution in [2.45, 2.75) is 13.3 Å². The van der Waals surface area contributed by atoms with Gasteiger partial charge in [0, 0.05) is 6.42 Å². The van der Waals surface area contributed by atoms with Gasteiger partial charge in [0.2, 0.25) is 0 Å². The molecule has 1 aromatic carbocycles. The van der Waals surface area contributed by atoms with Crippen LogP contribution in [0.1, 0.15) is 11.1 Å². The first-order valence-electron chi connectivity index (χ1n) is 4.10. The van der Waals surface area contributed by atoms with E-state index >= 15 is 0 Å². The molecule has 13 heavy (non-hydrogen) atoms. The summed E-state index contributed by atoms with van der Waals surface area (Å²) in [5.41, 5.74) is 2.29. The Morgan fingerprint density at radius 2 is 2.00 bits per heavy atom. The molecule has 0 aromatic heterocycles. The first-order chi connectivity index (χ1) is 6.18. The van der Waals surface area contributed by atoms with Gasteiger partial charge >= 0.3 is 6.16 Å². The van der Waals surface area contributed by atoms with Crippen molar-refractivity contribution < 1.29 is 14.6 Å².